The van der Waals surface area contributed by atoms with Gasteiger partial charge in [-0.15, -0.1) is 0 Å². The number of benzene rings is 1. The van der Waals surface area contributed by atoms with Crippen molar-refractivity contribution in [2.45, 2.75) is 25.3 Å². The van der Waals surface area contributed by atoms with Gasteiger partial charge < -0.3 is 9.80 Å². The van der Waals surface area contributed by atoms with E-state index in [1.54, 1.807) is 0 Å². The van der Waals surface area contributed by atoms with E-state index < -0.39 is 0 Å². The molecule has 2 heterocycles. The molecule has 1 atom stereocenters. The van der Waals surface area contributed by atoms with E-state index in [2.05, 4.69) is 33.9 Å². The second kappa shape index (κ2) is 7.25. The van der Waals surface area contributed by atoms with Crippen LogP contribution >= 0.6 is 0 Å². The molecule has 4 nitrogen and oxygen atoms in total. The summed E-state index contributed by atoms with van der Waals surface area (Å²) in [5.74, 6) is 0.301. The molecule has 22 heavy (non-hydrogen) atoms. The fraction of sp³-hybridized carbons (Fsp3) is 0.611. The Bertz CT molecular complexity index is 476. The van der Waals surface area contributed by atoms with Crippen LogP contribution < -0.4 is 0 Å². The van der Waals surface area contributed by atoms with Gasteiger partial charge in [-0.1, -0.05) is 30.3 Å². The molecule has 0 spiro atoms. The Kier molecular flexibility index (Phi) is 5.11. The predicted molar refractivity (Wildman–Crippen MR) is 88.7 cm³/mol. The van der Waals surface area contributed by atoms with Crippen LogP contribution in [0, 0.1) is 0 Å². The lowest BCUT2D eigenvalue weighted by atomic mass is 10.0. The summed E-state index contributed by atoms with van der Waals surface area (Å²) in [6, 6.07) is 10.2. The second-order valence-electron chi connectivity index (χ2n) is 6.54. The van der Waals surface area contributed by atoms with Crippen LogP contribution in [0.25, 0.3) is 0 Å². The van der Waals surface area contributed by atoms with Crippen molar-refractivity contribution in [1.82, 2.24) is 14.7 Å². The molecule has 0 N–H and O–H groups in total. The highest BCUT2D eigenvalue weighted by Crippen LogP contribution is 2.26. The molecule has 2 aliphatic rings. The van der Waals surface area contributed by atoms with Gasteiger partial charge in [0.25, 0.3) is 0 Å². The normalized spacial score (nSPS) is 22.5. The molecule has 2 aliphatic heterocycles. The monoisotopic (exact) mass is 301 g/mol. The van der Waals surface area contributed by atoms with Crippen LogP contribution in [-0.4, -0.2) is 66.9 Å². The zero-order valence-electron chi connectivity index (χ0n) is 13.6. The number of hydrogen-bond donors (Lipinski definition) is 0. The molecule has 4 heteroatoms. The second-order valence-corrected chi connectivity index (χ2v) is 6.54. The van der Waals surface area contributed by atoms with Crippen LogP contribution in [-0.2, 0) is 4.79 Å². The maximum absolute atomic E-state index is 13.2. The van der Waals surface area contributed by atoms with Crippen molar-refractivity contribution < 1.29 is 4.79 Å². The molecule has 0 bridgehead atoms. The molecule has 0 aliphatic carbocycles. The van der Waals surface area contributed by atoms with Crippen molar-refractivity contribution >= 4 is 5.91 Å². The van der Waals surface area contributed by atoms with E-state index >= 15 is 0 Å². The van der Waals surface area contributed by atoms with E-state index in [0.29, 0.717) is 5.91 Å². The molecule has 1 aromatic rings. The van der Waals surface area contributed by atoms with Crippen molar-refractivity contribution in [1.29, 1.82) is 0 Å². The van der Waals surface area contributed by atoms with Gasteiger partial charge in [0.2, 0.25) is 5.91 Å². The zero-order valence-corrected chi connectivity index (χ0v) is 13.6. The summed E-state index contributed by atoms with van der Waals surface area (Å²) < 4.78 is 0. The minimum atomic E-state index is -0.104. The third-order valence-electron chi connectivity index (χ3n) is 4.92. The Labute approximate surface area is 133 Å². The molecular formula is C18H27N3O. The molecule has 3 rings (SSSR count). The lowest BCUT2D eigenvalue weighted by Gasteiger charge is -2.40. The zero-order chi connectivity index (χ0) is 15.4. The van der Waals surface area contributed by atoms with Gasteiger partial charge in [-0.05, 0) is 31.9 Å². The van der Waals surface area contributed by atoms with Crippen LogP contribution in [0.2, 0.25) is 0 Å². The summed E-state index contributed by atoms with van der Waals surface area (Å²) in [5.41, 5.74) is 1.14. The number of amides is 1. The molecule has 1 unspecified atom stereocenters. The minimum absolute atomic E-state index is 0.104. The smallest absolute Gasteiger partial charge is 0.244 e. The predicted octanol–water partition coefficient (Wildman–Crippen LogP) is 1.99. The number of likely N-dealkylation sites (N-methyl/N-ethyl adjacent to an activating group) is 1. The number of hydrogen-bond acceptors (Lipinski definition) is 3. The van der Waals surface area contributed by atoms with Gasteiger partial charge in [0.1, 0.15) is 6.04 Å². The molecule has 1 amide bonds. The van der Waals surface area contributed by atoms with Crippen molar-refractivity contribution in [3.05, 3.63) is 35.9 Å². The topological polar surface area (TPSA) is 26.8 Å². The van der Waals surface area contributed by atoms with Gasteiger partial charge >= 0.3 is 0 Å². The van der Waals surface area contributed by atoms with Crippen molar-refractivity contribution in [2.24, 2.45) is 0 Å². The molecule has 0 radical (unpaired) electrons. The summed E-state index contributed by atoms with van der Waals surface area (Å²) in [5, 5.41) is 0. The molecule has 2 fully saturated rings. The SMILES string of the molecule is CN1CCN(C(C(=O)N2CCCCC2)c2ccccc2)CC1. The lowest BCUT2D eigenvalue weighted by Crippen LogP contribution is -2.51. The minimum Gasteiger partial charge on any atom is -0.341 e. The van der Waals surface area contributed by atoms with Gasteiger partial charge in [0, 0.05) is 39.3 Å². The summed E-state index contributed by atoms with van der Waals surface area (Å²) in [4.78, 5) is 19.9. The van der Waals surface area contributed by atoms with Crippen LogP contribution in [0.1, 0.15) is 30.9 Å². The molecule has 0 saturated carbocycles. The summed E-state index contributed by atoms with van der Waals surface area (Å²) in [6.07, 6.45) is 3.56. The van der Waals surface area contributed by atoms with Crippen LogP contribution in [0.3, 0.4) is 0 Å². The standard InChI is InChI=1S/C18H27N3O/c1-19-12-14-20(15-13-19)17(16-8-4-2-5-9-16)18(22)21-10-6-3-7-11-21/h2,4-5,8-9,17H,3,6-7,10-15H2,1H3. The number of rotatable bonds is 3. The number of carbonyl (C=O) groups excluding carboxylic acids is 1. The Morgan fingerprint density at radius 2 is 1.55 bits per heavy atom. The van der Waals surface area contributed by atoms with Gasteiger partial charge in [-0.2, -0.15) is 0 Å². The molecule has 2 saturated heterocycles. The highest BCUT2D eigenvalue weighted by atomic mass is 16.2. The molecule has 0 aromatic heterocycles. The lowest BCUT2D eigenvalue weighted by molar-refractivity contribution is -0.139. The molecular weight excluding hydrogens is 274 g/mol. The van der Waals surface area contributed by atoms with Gasteiger partial charge in [0.05, 0.1) is 0 Å². The fourth-order valence-corrected chi connectivity index (χ4v) is 3.51. The van der Waals surface area contributed by atoms with E-state index in [9.17, 15) is 4.79 Å². The Hall–Kier alpha value is -1.39. The van der Waals surface area contributed by atoms with Crippen LogP contribution in [0.4, 0.5) is 0 Å². The maximum Gasteiger partial charge on any atom is 0.244 e. The molecule has 1 aromatic carbocycles. The van der Waals surface area contributed by atoms with Gasteiger partial charge in [-0.3, -0.25) is 9.69 Å². The first-order valence-electron chi connectivity index (χ1n) is 8.52. The van der Waals surface area contributed by atoms with Crippen molar-refractivity contribution in [3.8, 4) is 0 Å². The highest BCUT2D eigenvalue weighted by molar-refractivity contribution is 5.83. The van der Waals surface area contributed by atoms with Gasteiger partial charge in [-0.25, -0.2) is 0 Å². The average molecular weight is 301 g/mol. The van der Waals surface area contributed by atoms with E-state index in [4.69, 9.17) is 0 Å². The van der Waals surface area contributed by atoms with Crippen molar-refractivity contribution in [3.63, 3.8) is 0 Å². The Morgan fingerprint density at radius 3 is 2.18 bits per heavy atom. The molecule has 120 valence electrons. The first-order chi connectivity index (χ1) is 10.8. The quantitative estimate of drug-likeness (QED) is 0.854. The average Bonchev–Trinajstić information content (AvgIpc) is 2.58. The first-order valence-corrected chi connectivity index (χ1v) is 8.52. The van der Waals surface area contributed by atoms with Gasteiger partial charge in [0.15, 0.2) is 0 Å². The fourth-order valence-electron chi connectivity index (χ4n) is 3.51. The Morgan fingerprint density at radius 1 is 0.909 bits per heavy atom. The van der Waals surface area contributed by atoms with E-state index in [1.807, 2.05) is 18.2 Å². The van der Waals surface area contributed by atoms with Crippen LogP contribution in [0.15, 0.2) is 30.3 Å². The number of piperazine rings is 1. The number of nitrogens with zero attached hydrogens (tertiary/aromatic N) is 3. The number of likely N-dealkylation sites (tertiary alicyclic amines) is 1. The summed E-state index contributed by atoms with van der Waals surface area (Å²) >= 11 is 0. The van der Waals surface area contributed by atoms with E-state index in [1.165, 1.54) is 6.42 Å². The largest absolute Gasteiger partial charge is 0.341 e. The maximum atomic E-state index is 13.2. The third kappa shape index (κ3) is 3.50. The van der Waals surface area contributed by atoms with Crippen molar-refractivity contribution in [2.75, 3.05) is 46.3 Å². The highest BCUT2D eigenvalue weighted by Gasteiger charge is 2.33. The van der Waals surface area contributed by atoms with E-state index in [0.717, 1.165) is 57.7 Å². The summed E-state index contributed by atoms with van der Waals surface area (Å²) in [6.45, 7) is 5.87. The summed E-state index contributed by atoms with van der Waals surface area (Å²) in [7, 11) is 2.15. The van der Waals surface area contributed by atoms with E-state index in [-0.39, 0.29) is 6.04 Å². The number of carbonyl (C=O) groups is 1. The first kappa shape index (κ1) is 15.5. The Balaban J connectivity index is 1.81. The third-order valence-corrected chi connectivity index (χ3v) is 4.92. The van der Waals surface area contributed by atoms with Crippen LogP contribution in [0.5, 0.6) is 0 Å². The number of piperidine rings is 1.